The molecule has 202 valence electrons. The van der Waals surface area contributed by atoms with Gasteiger partial charge in [-0.05, 0) is 57.6 Å². The highest BCUT2D eigenvalue weighted by Gasteiger charge is 2.36. The molecule has 0 spiro atoms. The molecule has 0 bridgehead atoms. The van der Waals surface area contributed by atoms with Crippen LogP contribution in [0.5, 0.6) is 0 Å². The Kier molecular flexibility index (Phi) is 12.1. The first-order chi connectivity index (χ1) is 17.1. The second kappa shape index (κ2) is 14.5. The molecule has 1 aliphatic carbocycles. The summed E-state index contributed by atoms with van der Waals surface area (Å²) in [4.78, 5) is 41.7. The Hall–Kier alpha value is -2.22. The first-order valence-electron chi connectivity index (χ1n) is 13.4. The van der Waals surface area contributed by atoms with Gasteiger partial charge >= 0.3 is 6.09 Å². The zero-order valence-electron chi connectivity index (χ0n) is 22.6. The van der Waals surface area contributed by atoms with Crippen LogP contribution in [0.2, 0.25) is 0 Å². The van der Waals surface area contributed by atoms with Crippen molar-refractivity contribution in [2.24, 2.45) is 0 Å². The van der Waals surface area contributed by atoms with Crippen LogP contribution in [0.3, 0.4) is 0 Å². The Balaban J connectivity index is 2.38. The Labute approximate surface area is 222 Å². The van der Waals surface area contributed by atoms with Crippen molar-refractivity contribution in [1.29, 1.82) is 0 Å². The Bertz CT molecular complexity index is 847. The van der Waals surface area contributed by atoms with Crippen LogP contribution in [0.15, 0.2) is 24.3 Å². The zero-order valence-corrected chi connectivity index (χ0v) is 23.5. The molecule has 0 aromatic heterocycles. The fraction of sp³-hybridized carbons (Fsp3) is 0.679. The van der Waals surface area contributed by atoms with Gasteiger partial charge < -0.3 is 20.3 Å². The summed E-state index contributed by atoms with van der Waals surface area (Å²) in [6, 6.07) is 6.30. The Morgan fingerprint density at radius 3 is 2.25 bits per heavy atom. The summed E-state index contributed by atoms with van der Waals surface area (Å²) in [6.45, 7) is 9.83. The van der Waals surface area contributed by atoms with Gasteiger partial charge in [0.05, 0.1) is 0 Å². The normalized spacial score (nSPS) is 16.1. The molecule has 1 fully saturated rings. The number of nitrogens with one attached hydrogen (secondary N) is 2. The van der Waals surface area contributed by atoms with Crippen molar-refractivity contribution in [2.45, 2.75) is 110 Å². The van der Waals surface area contributed by atoms with Gasteiger partial charge in [0.15, 0.2) is 0 Å². The van der Waals surface area contributed by atoms with E-state index in [9.17, 15) is 14.4 Å². The average Bonchev–Trinajstić information content (AvgIpc) is 2.84. The van der Waals surface area contributed by atoms with E-state index in [1.54, 1.807) is 25.7 Å². The molecule has 0 saturated heterocycles. The van der Waals surface area contributed by atoms with E-state index in [0.717, 1.165) is 56.1 Å². The standard InChI is InChI=1S/C28H45N3O4S/c1-6-8-18-31(26(33)23(19-36)30-27(34)35-28(3,4)5)24(21-16-14-20(7-2)15-17-21)25(32)29-22-12-10-9-11-13-22/h14-17,22-24,36H,6-13,18-19H2,1-5H3,(H,29,32)(H,30,34). The molecule has 3 amide bonds. The number of aryl methyl sites for hydroxylation is 1. The second-order valence-corrected chi connectivity index (χ2v) is 11.0. The minimum atomic E-state index is -0.917. The maximum absolute atomic E-state index is 13.8. The van der Waals surface area contributed by atoms with Crippen LogP contribution in [-0.4, -0.2) is 52.8 Å². The number of alkyl carbamates (subject to hydrolysis) is 1. The summed E-state index contributed by atoms with van der Waals surface area (Å²) in [5, 5.41) is 5.89. The molecule has 0 radical (unpaired) electrons. The van der Waals surface area contributed by atoms with Crippen LogP contribution >= 0.6 is 12.6 Å². The molecule has 2 atom stereocenters. The summed E-state index contributed by atoms with van der Waals surface area (Å²) < 4.78 is 5.37. The number of carbonyl (C=O) groups excluding carboxylic acids is 3. The van der Waals surface area contributed by atoms with Gasteiger partial charge in [0, 0.05) is 18.3 Å². The lowest BCUT2D eigenvalue weighted by Crippen LogP contribution is -2.54. The summed E-state index contributed by atoms with van der Waals surface area (Å²) >= 11 is 4.35. The van der Waals surface area contributed by atoms with Gasteiger partial charge in [0.2, 0.25) is 11.8 Å². The number of hydrogen-bond acceptors (Lipinski definition) is 5. The van der Waals surface area contributed by atoms with Crippen molar-refractivity contribution >= 4 is 30.5 Å². The number of ether oxygens (including phenoxy) is 1. The highest BCUT2D eigenvalue weighted by atomic mass is 32.1. The third-order valence-electron chi connectivity index (χ3n) is 6.42. The highest BCUT2D eigenvalue weighted by Crippen LogP contribution is 2.26. The lowest BCUT2D eigenvalue weighted by Gasteiger charge is -2.35. The summed E-state index contributed by atoms with van der Waals surface area (Å²) in [5.41, 5.74) is 1.23. The molecule has 0 aliphatic heterocycles. The van der Waals surface area contributed by atoms with Crippen molar-refractivity contribution < 1.29 is 19.1 Å². The molecule has 0 heterocycles. The number of rotatable bonds is 11. The quantitative estimate of drug-likeness (QED) is 0.351. The lowest BCUT2D eigenvalue weighted by atomic mass is 9.94. The van der Waals surface area contributed by atoms with E-state index in [0.29, 0.717) is 6.54 Å². The predicted molar refractivity (Wildman–Crippen MR) is 147 cm³/mol. The predicted octanol–water partition coefficient (Wildman–Crippen LogP) is 5.19. The minimum absolute atomic E-state index is 0.0897. The number of unbranched alkanes of at least 4 members (excludes halogenated alkanes) is 1. The average molecular weight is 520 g/mol. The van der Waals surface area contributed by atoms with Crippen molar-refractivity contribution in [3.05, 3.63) is 35.4 Å². The first kappa shape index (κ1) is 30.0. The highest BCUT2D eigenvalue weighted by molar-refractivity contribution is 7.80. The number of carbonyl (C=O) groups is 3. The molecule has 1 aliphatic rings. The summed E-state index contributed by atoms with van der Waals surface area (Å²) in [6.07, 6.45) is 7.10. The molecular formula is C28H45N3O4S. The van der Waals surface area contributed by atoms with E-state index in [1.165, 1.54) is 6.42 Å². The van der Waals surface area contributed by atoms with E-state index in [2.05, 4.69) is 30.2 Å². The van der Waals surface area contributed by atoms with Crippen LogP contribution < -0.4 is 10.6 Å². The molecule has 2 N–H and O–H groups in total. The third kappa shape index (κ3) is 9.34. The molecule has 8 heteroatoms. The number of amides is 3. The fourth-order valence-electron chi connectivity index (χ4n) is 4.47. The number of hydrogen-bond donors (Lipinski definition) is 3. The SMILES string of the molecule is CCCCN(C(=O)C(CS)NC(=O)OC(C)(C)C)C(C(=O)NC1CCCCC1)c1ccc(CC)cc1. The number of thiol groups is 1. The number of nitrogens with zero attached hydrogens (tertiary/aromatic N) is 1. The lowest BCUT2D eigenvalue weighted by molar-refractivity contribution is -0.142. The van der Waals surface area contributed by atoms with Crippen molar-refractivity contribution in [2.75, 3.05) is 12.3 Å². The fourth-order valence-corrected chi connectivity index (χ4v) is 4.71. The molecule has 36 heavy (non-hydrogen) atoms. The van der Waals surface area contributed by atoms with E-state index >= 15 is 0 Å². The van der Waals surface area contributed by atoms with E-state index < -0.39 is 23.8 Å². The number of benzene rings is 1. The molecule has 2 rings (SSSR count). The van der Waals surface area contributed by atoms with Gasteiger partial charge in [-0.2, -0.15) is 12.6 Å². The molecule has 1 aromatic rings. The molecule has 1 saturated carbocycles. The second-order valence-electron chi connectivity index (χ2n) is 10.6. The first-order valence-corrected chi connectivity index (χ1v) is 14.0. The van der Waals surface area contributed by atoms with Crippen molar-refractivity contribution in [3.63, 3.8) is 0 Å². The van der Waals surface area contributed by atoms with Gasteiger partial charge in [0.1, 0.15) is 17.7 Å². The van der Waals surface area contributed by atoms with E-state index in [4.69, 9.17) is 4.74 Å². The minimum Gasteiger partial charge on any atom is -0.444 e. The maximum atomic E-state index is 13.8. The van der Waals surface area contributed by atoms with Crippen LogP contribution in [0.1, 0.15) is 96.7 Å². The topological polar surface area (TPSA) is 87.7 Å². The largest absolute Gasteiger partial charge is 0.444 e. The van der Waals surface area contributed by atoms with E-state index in [1.807, 2.05) is 31.2 Å². The van der Waals surface area contributed by atoms with Crippen molar-refractivity contribution in [3.8, 4) is 0 Å². The maximum Gasteiger partial charge on any atom is 0.408 e. The van der Waals surface area contributed by atoms with Gasteiger partial charge in [-0.25, -0.2) is 4.79 Å². The van der Waals surface area contributed by atoms with Gasteiger partial charge in [-0.3, -0.25) is 9.59 Å². The monoisotopic (exact) mass is 519 g/mol. The van der Waals surface area contributed by atoms with Crippen LogP contribution in [-0.2, 0) is 20.7 Å². The molecule has 2 unspecified atom stereocenters. The van der Waals surface area contributed by atoms with E-state index in [-0.39, 0.29) is 23.6 Å². The Morgan fingerprint density at radius 2 is 1.72 bits per heavy atom. The smallest absolute Gasteiger partial charge is 0.408 e. The summed E-state index contributed by atoms with van der Waals surface area (Å²) in [7, 11) is 0. The van der Waals surface area contributed by atoms with Crippen LogP contribution in [0, 0.1) is 0 Å². The van der Waals surface area contributed by atoms with Gasteiger partial charge in [-0.15, -0.1) is 0 Å². The zero-order chi connectivity index (χ0) is 26.7. The van der Waals surface area contributed by atoms with Crippen LogP contribution in [0.25, 0.3) is 0 Å². The van der Waals surface area contributed by atoms with Crippen molar-refractivity contribution in [1.82, 2.24) is 15.5 Å². The Morgan fingerprint density at radius 1 is 1.08 bits per heavy atom. The third-order valence-corrected chi connectivity index (χ3v) is 6.79. The van der Waals surface area contributed by atoms with Gasteiger partial charge in [0.25, 0.3) is 0 Å². The summed E-state index contributed by atoms with van der Waals surface area (Å²) in [5.74, 6) is -0.426. The van der Waals surface area contributed by atoms with Gasteiger partial charge in [-0.1, -0.05) is 63.8 Å². The molecule has 1 aromatic carbocycles. The van der Waals surface area contributed by atoms with Crippen LogP contribution in [0.4, 0.5) is 4.79 Å². The molecule has 7 nitrogen and oxygen atoms in total. The molecular weight excluding hydrogens is 474 g/mol.